The van der Waals surface area contributed by atoms with E-state index in [0.717, 1.165) is 5.56 Å². The molecule has 1 heterocycles. The summed E-state index contributed by atoms with van der Waals surface area (Å²) in [6, 6.07) is 6.85. The van der Waals surface area contributed by atoms with Crippen LogP contribution in [-0.2, 0) is 20.1 Å². The maximum absolute atomic E-state index is 11.9. The first kappa shape index (κ1) is 12.0. The molecule has 1 aromatic carbocycles. The van der Waals surface area contributed by atoms with Gasteiger partial charge in [-0.1, -0.05) is 28.1 Å². The summed E-state index contributed by atoms with van der Waals surface area (Å²) >= 11 is 3.30. The van der Waals surface area contributed by atoms with E-state index in [1.54, 1.807) is 18.2 Å². The fourth-order valence-corrected chi connectivity index (χ4v) is 2.75. The van der Waals surface area contributed by atoms with Gasteiger partial charge in [-0.15, -0.1) is 0 Å². The van der Waals surface area contributed by atoms with Gasteiger partial charge < -0.3 is 4.74 Å². The van der Waals surface area contributed by atoms with Crippen LogP contribution < -0.4 is 4.72 Å². The third-order valence-corrected chi connectivity index (χ3v) is 4.34. The summed E-state index contributed by atoms with van der Waals surface area (Å²) in [7, 11) is -3.40. The first-order chi connectivity index (χ1) is 7.62. The lowest BCUT2D eigenvalue weighted by atomic mass is 10.2. The minimum atomic E-state index is -3.40. The molecule has 16 heavy (non-hydrogen) atoms. The molecule has 1 atom stereocenters. The highest BCUT2D eigenvalue weighted by molar-refractivity contribution is 9.08. The summed E-state index contributed by atoms with van der Waals surface area (Å²) in [5.74, 6) is 0. The minimum Gasteiger partial charge on any atom is -0.372 e. The SMILES string of the molecule is O=S(=O)(NCC1CO1)c1cccc(CBr)c1. The zero-order valence-electron chi connectivity index (χ0n) is 8.52. The van der Waals surface area contributed by atoms with Crippen LogP contribution in [0.25, 0.3) is 0 Å². The molecule has 4 nitrogen and oxygen atoms in total. The molecule has 1 aliphatic heterocycles. The van der Waals surface area contributed by atoms with Crippen LogP contribution >= 0.6 is 15.9 Å². The van der Waals surface area contributed by atoms with Crippen molar-refractivity contribution in [2.75, 3.05) is 13.2 Å². The molecule has 1 fully saturated rings. The number of benzene rings is 1. The van der Waals surface area contributed by atoms with Crippen LogP contribution in [0.15, 0.2) is 29.2 Å². The molecule has 1 unspecified atom stereocenters. The summed E-state index contributed by atoms with van der Waals surface area (Å²) in [4.78, 5) is 0.296. The van der Waals surface area contributed by atoms with Gasteiger partial charge in [0.1, 0.15) is 0 Å². The Hall–Kier alpha value is -0.430. The first-order valence-corrected chi connectivity index (χ1v) is 7.48. The van der Waals surface area contributed by atoms with Crippen molar-refractivity contribution in [1.29, 1.82) is 0 Å². The number of halogens is 1. The molecule has 1 aromatic rings. The van der Waals surface area contributed by atoms with Crippen LogP contribution in [0.4, 0.5) is 0 Å². The van der Waals surface area contributed by atoms with Crippen molar-refractivity contribution < 1.29 is 13.2 Å². The number of nitrogens with one attached hydrogen (secondary N) is 1. The Kier molecular flexibility index (Phi) is 3.63. The molecular weight excluding hydrogens is 294 g/mol. The normalized spacial score (nSPS) is 19.7. The van der Waals surface area contributed by atoms with E-state index in [0.29, 0.717) is 23.4 Å². The zero-order chi connectivity index (χ0) is 11.6. The summed E-state index contributed by atoms with van der Waals surface area (Å²) in [6.07, 6.45) is 0.0501. The van der Waals surface area contributed by atoms with Crippen LogP contribution in [0, 0.1) is 0 Å². The van der Waals surface area contributed by atoms with Crippen molar-refractivity contribution in [3.05, 3.63) is 29.8 Å². The van der Waals surface area contributed by atoms with Crippen LogP contribution in [-0.4, -0.2) is 27.7 Å². The summed E-state index contributed by atoms with van der Waals surface area (Å²) in [6.45, 7) is 0.991. The van der Waals surface area contributed by atoms with Crippen molar-refractivity contribution in [3.8, 4) is 0 Å². The monoisotopic (exact) mass is 305 g/mol. The molecule has 88 valence electrons. The molecule has 0 spiro atoms. The van der Waals surface area contributed by atoms with Gasteiger partial charge in [0, 0.05) is 11.9 Å². The second-order valence-electron chi connectivity index (χ2n) is 3.59. The number of sulfonamides is 1. The number of alkyl halides is 1. The largest absolute Gasteiger partial charge is 0.372 e. The van der Waals surface area contributed by atoms with Crippen molar-refractivity contribution in [1.82, 2.24) is 4.72 Å². The van der Waals surface area contributed by atoms with Gasteiger partial charge in [-0.2, -0.15) is 0 Å². The molecular formula is C10H12BrNO3S. The van der Waals surface area contributed by atoms with Gasteiger partial charge in [0.15, 0.2) is 0 Å². The van der Waals surface area contributed by atoms with E-state index in [1.807, 2.05) is 6.07 Å². The highest BCUT2D eigenvalue weighted by atomic mass is 79.9. The van der Waals surface area contributed by atoms with Crippen molar-refractivity contribution in [2.24, 2.45) is 0 Å². The predicted molar refractivity (Wildman–Crippen MR) is 64.0 cm³/mol. The average Bonchev–Trinajstić information content (AvgIpc) is 3.10. The number of hydrogen-bond acceptors (Lipinski definition) is 3. The Balaban J connectivity index is 2.13. The third-order valence-electron chi connectivity index (χ3n) is 2.27. The van der Waals surface area contributed by atoms with Crippen molar-refractivity contribution in [2.45, 2.75) is 16.3 Å². The maximum Gasteiger partial charge on any atom is 0.240 e. The number of rotatable bonds is 5. The Labute approximate surface area is 103 Å². The maximum atomic E-state index is 11.9. The fourth-order valence-electron chi connectivity index (χ4n) is 1.27. The first-order valence-electron chi connectivity index (χ1n) is 4.88. The molecule has 6 heteroatoms. The zero-order valence-corrected chi connectivity index (χ0v) is 10.9. The molecule has 0 aliphatic carbocycles. The highest BCUT2D eigenvalue weighted by Crippen LogP contribution is 2.14. The molecule has 1 saturated heterocycles. The lowest BCUT2D eigenvalue weighted by Gasteiger charge is -2.06. The Morgan fingerprint density at radius 1 is 1.50 bits per heavy atom. The lowest BCUT2D eigenvalue weighted by molar-refractivity contribution is 0.406. The van der Waals surface area contributed by atoms with Crippen LogP contribution in [0.3, 0.4) is 0 Å². The van der Waals surface area contributed by atoms with E-state index >= 15 is 0 Å². The molecule has 0 bridgehead atoms. The van der Waals surface area contributed by atoms with Gasteiger partial charge in [-0.25, -0.2) is 13.1 Å². The van der Waals surface area contributed by atoms with Crippen LogP contribution in [0.2, 0.25) is 0 Å². The summed E-state index contributed by atoms with van der Waals surface area (Å²) in [5.41, 5.74) is 0.936. The average molecular weight is 306 g/mol. The standard InChI is InChI=1S/C10H12BrNO3S/c11-5-8-2-1-3-10(4-8)16(13,14)12-6-9-7-15-9/h1-4,9,12H,5-7H2. The second-order valence-corrected chi connectivity index (χ2v) is 5.92. The quantitative estimate of drug-likeness (QED) is 0.658. The number of hydrogen-bond donors (Lipinski definition) is 1. The van der Waals surface area contributed by atoms with Gasteiger partial charge in [0.25, 0.3) is 0 Å². The van der Waals surface area contributed by atoms with Gasteiger partial charge >= 0.3 is 0 Å². The lowest BCUT2D eigenvalue weighted by Crippen LogP contribution is -2.27. The minimum absolute atomic E-state index is 0.0501. The summed E-state index contributed by atoms with van der Waals surface area (Å²) < 4.78 is 31.2. The molecule has 1 aliphatic rings. The fraction of sp³-hybridized carbons (Fsp3) is 0.400. The van der Waals surface area contributed by atoms with Crippen LogP contribution in [0.5, 0.6) is 0 Å². The van der Waals surface area contributed by atoms with E-state index in [1.165, 1.54) is 0 Å². The van der Waals surface area contributed by atoms with Gasteiger partial charge in [-0.3, -0.25) is 0 Å². The Morgan fingerprint density at radius 3 is 2.88 bits per heavy atom. The van der Waals surface area contributed by atoms with Gasteiger partial charge in [-0.05, 0) is 17.7 Å². The van der Waals surface area contributed by atoms with Crippen LogP contribution in [0.1, 0.15) is 5.56 Å². The third kappa shape index (κ3) is 3.04. The topological polar surface area (TPSA) is 58.7 Å². The number of epoxide rings is 1. The van der Waals surface area contributed by atoms with E-state index < -0.39 is 10.0 Å². The van der Waals surface area contributed by atoms with Crippen molar-refractivity contribution in [3.63, 3.8) is 0 Å². The molecule has 0 aromatic heterocycles. The summed E-state index contributed by atoms with van der Waals surface area (Å²) in [5, 5.41) is 0.641. The van der Waals surface area contributed by atoms with E-state index in [-0.39, 0.29) is 6.10 Å². The Bertz CT molecular complexity index is 471. The van der Waals surface area contributed by atoms with E-state index in [4.69, 9.17) is 4.74 Å². The highest BCUT2D eigenvalue weighted by Gasteiger charge is 2.25. The predicted octanol–water partition coefficient (Wildman–Crippen LogP) is 1.26. The molecule has 0 amide bonds. The molecule has 1 N–H and O–H groups in total. The molecule has 0 radical (unpaired) electrons. The van der Waals surface area contributed by atoms with Gasteiger partial charge in [0.05, 0.1) is 17.6 Å². The second kappa shape index (κ2) is 4.83. The number of ether oxygens (including phenoxy) is 1. The van der Waals surface area contributed by atoms with Gasteiger partial charge in [0.2, 0.25) is 10.0 Å². The van der Waals surface area contributed by atoms with E-state index in [2.05, 4.69) is 20.7 Å². The molecule has 0 saturated carbocycles. The smallest absolute Gasteiger partial charge is 0.240 e. The molecule has 2 rings (SSSR count). The Morgan fingerprint density at radius 2 is 2.25 bits per heavy atom. The van der Waals surface area contributed by atoms with E-state index in [9.17, 15) is 8.42 Å². The van der Waals surface area contributed by atoms with Crippen molar-refractivity contribution >= 4 is 26.0 Å².